The minimum atomic E-state index is 0. The maximum absolute atomic E-state index is 5.67. The molecule has 7 heteroatoms. The van der Waals surface area contributed by atoms with E-state index < -0.39 is 0 Å². The molecule has 1 aliphatic carbocycles. The SMILES string of the molecule is CN=C(NCCc1ncc(C)s1)N(C)CCOCC1CC1.I. The normalized spacial score (nSPS) is 14.6. The average molecular weight is 438 g/mol. The van der Waals surface area contributed by atoms with Gasteiger partial charge in [-0.25, -0.2) is 4.98 Å². The van der Waals surface area contributed by atoms with E-state index in [0.717, 1.165) is 44.6 Å². The fourth-order valence-electron chi connectivity index (χ4n) is 2.02. The number of thiazole rings is 1. The van der Waals surface area contributed by atoms with E-state index in [0.29, 0.717) is 0 Å². The van der Waals surface area contributed by atoms with Gasteiger partial charge in [0.15, 0.2) is 5.96 Å². The number of guanidine groups is 1. The lowest BCUT2D eigenvalue weighted by Crippen LogP contribution is -2.41. The van der Waals surface area contributed by atoms with Crippen LogP contribution in [-0.2, 0) is 11.2 Å². The van der Waals surface area contributed by atoms with Crippen molar-refractivity contribution in [3.05, 3.63) is 16.1 Å². The van der Waals surface area contributed by atoms with E-state index in [1.165, 1.54) is 22.7 Å². The Hall–Kier alpha value is -0.410. The second-order valence-corrected chi connectivity index (χ2v) is 6.85. The van der Waals surface area contributed by atoms with Crippen LogP contribution in [0, 0.1) is 12.8 Å². The Bertz CT molecular complexity index is 462. The zero-order chi connectivity index (χ0) is 15.1. The monoisotopic (exact) mass is 438 g/mol. The standard InChI is InChI=1S/C15H26N4OS.HI/c1-12-10-18-14(21-12)6-7-17-15(16-2)19(3)8-9-20-11-13-4-5-13;/h10,13H,4-9,11H2,1-3H3,(H,16,17);1H. The third kappa shape index (κ3) is 7.23. The predicted molar refractivity (Wildman–Crippen MR) is 104 cm³/mol. The molecule has 0 spiro atoms. The number of hydrogen-bond acceptors (Lipinski definition) is 4. The minimum Gasteiger partial charge on any atom is -0.379 e. The van der Waals surface area contributed by atoms with Crippen LogP contribution in [0.4, 0.5) is 0 Å². The molecule has 22 heavy (non-hydrogen) atoms. The molecule has 1 aliphatic rings. The number of halogens is 1. The highest BCUT2D eigenvalue weighted by Gasteiger charge is 2.21. The van der Waals surface area contributed by atoms with Gasteiger partial charge in [0.05, 0.1) is 11.6 Å². The molecule has 2 rings (SSSR count). The van der Waals surface area contributed by atoms with Gasteiger partial charge in [0.2, 0.25) is 0 Å². The number of nitrogens with one attached hydrogen (secondary N) is 1. The molecule has 0 aromatic carbocycles. The summed E-state index contributed by atoms with van der Waals surface area (Å²) in [4.78, 5) is 12.1. The van der Waals surface area contributed by atoms with E-state index in [2.05, 4.69) is 27.1 Å². The van der Waals surface area contributed by atoms with Gasteiger partial charge in [0.25, 0.3) is 0 Å². The maximum Gasteiger partial charge on any atom is 0.193 e. The summed E-state index contributed by atoms with van der Waals surface area (Å²) in [6.07, 6.45) is 5.55. The van der Waals surface area contributed by atoms with Crippen molar-refractivity contribution in [3.8, 4) is 0 Å². The summed E-state index contributed by atoms with van der Waals surface area (Å²) in [6, 6.07) is 0. The van der Waals surface area contributed by atoms with Crippen molar-refractivity contribution in [1.82, 2.24) is 15.2 Å². The van der Waals surface area contributed by atoms with Crippen LogP contribution >= 0.6 is 35.3 Å². The third-order valence-corrected chi connectivity index (χ3v) is 4.46. The van der Waals surface area contributed by atoms with Crippen LogP contribution < -0.4 is 5.32 Å². The van der Waals surface area contributed by atoms with E-state index in [-0.39, 0.29) is 24.0 Å². The Labute approximate surface area is 154 Å². The number of aromatic nitrogens is 1. The topological polar surface area (TPSA) is 49.8 Å². The smallest absolute Gasteiger partial charge is 0.193 e. The van der Waals surface area contributed by atoms with E-state index in [9.17, 15) is 0 Å². The number of aryl methyl sites for hydroxylation is 1. The highest BCUT2D eigenvalue weighted by atomic mass is 127. The van der Waals surface area contributed by atoms with Crippen molar-refractivity contribution in [2.24, 2.45) is 10.9 Å². The van der Waals surface area contributed by atoms with Crippen LogP contribution in [0.25, 0.3) is 0 Å². The molecule has 0 radical (unpaired) electrons. The average Bonchev–Trinajstić information content (AvgIpc) is 3.21. The fourth-order valence-corrected chi connectivity index (χ4v) is 2.81. The maximum atomic E-state index is 5.67. The van der Waals surface area contributed by atoms with Gasteiger partial charge in [-0.05, 0) is 25.7 Å². The molecule has 5 nitrogen and oxygen atoms in total. The molecule has 0 amide bonds. The third-order valence-electron chi connectivity index (χ3n) is 3.49. The second-order valence-electron chi connectivity index (χ2n) is 5.53. The van der Waals surface area contributed by atoms with Crippen LogP contribution in [-0.4, -0.2) is 56.2 Å². The Morgan fingerprint density at radius 3 is 2.91 bits per heavy atom. The summed E-state index contributed by atoms with van der Waals surface area (Å²) in [5.41, 5.74) is 0. The molecular weight excluding hydrogens is 411 g/mol. The number of rotatable bonds is 8. The number of hydrogen-bond donors (Lipinski definition) is 1. The van der Waals surface area contributed by atoms with Gasteiger partial charge in [0, 0.05) is 51.3 Å². The molecule has 0 atom stereocenters. The number of nitrogens with zero attached hydrogens (tertiary/aromatic N) is 3. The van der Waals surface area contributed by atoms with Crippen molar-refractivity contribution >= 4 is 41.3 Å². The quantitative estimate of drug-likeness (QED) is 0.293. The molecule has 1 fully saturated rings. The summed E-state index contributed by atoms with van der Waals surface area (Å²) in [7, 11) is 3.86. The molecule has 0 aliphatic heterocycles. The molecule has 0 saturated heterocycles. The second kappa shape index (κ2) is 10.4. The molecule has 1 heterocycles. The van der Waals surface area contributed by atoms with E-state index in [1.807, 2.05) is 20.3 Å². The molecule has 1 saturated carbocycles. The van der Waals surface area contributed by atoms with Gasteiger partial charge in [-0.1, -0.05) is 0 Å². The van der Waals surface area contributed by atoms with Crippen LogP contribution in [0.1, 0.15) is 22.7 Å². The minimum absolute atomic E-state index is 0. The predicted octanol–water partition coefficient (Wildman–Crippen LogP) is 2.55. The summed E-state index contributed by atoms with van der Waals surface area (Å²) < 4.78 is 5.67. The molecule has 1 aromatic heterocycles. The van der Waals surface area contributed by atoms with Gasteiger partial charge in [-0.3, -0.25) is 4.99 Å². The van der Waals surface area contributed by atoms with Crippen LogP contribution in [0.15, 0.2) is 11.2 Å². The van der Waals surface area contributed by atoms with Crippen LogP contribution in [0.2, 0.25) is 0 Å². The Morgan fingerprint density at radius 2 is 2.32 bits per heavy atom. The first-order valence-electron chi connectivity index (χ1n) is 7.60. The number of ether oxygens (including phenoxy) is 1. The number of aliphatic imine (C=N–C) groups is 1. The summed E-state index contributed by atoms with van der Waals surface area (Å²) in [5.74, 6) is 1.74. The van der Waals surface area contributed by atoms with Gasteiger partial charge >= 0.3 is 0 Å². The molecule has 1 N–H and O–H groups in total. The Morgan fingerprint density at radius 1 is 1.55 bits per heavy atom. The van der Waals surface area contributed by atoms with Crippen molar-refractivity contribution in [2.75, 3.05) is 40.4 Å². The van der Waals surface area contributed by atoms with Gasteiger partial charge in [-0.2, -0.15) is 0 Å². The van der Waals surface area contributed by atoms with E-state index >= 15 is 0 Å². The molecular formula is C15H27IN4OS. The zero-order valence-corrected chi connectivity index (χ0v) is 16.8. The van der Waals surface area contributed by atoms with Crippen molar-refractivity contribution in [3.63, 3.8) is 0 Å². The first-order chi connectivity index (χ1) is 10.2. The van der Waals surface area contributed by atoms with Gasteiger partial charge in [-0.15, -0.1) is 35.3 Å². The summed E-state index contributed by atoms with van der Waals surface area (Å²) >= 11 is 1.76. The molecule has 0 bridgehead atoms. The Balaban J connectivity index is 0.00000242. The zero-order valence-electron chi connectivity index (χ0n) is 13.7. The van der Waals surface area contributed by atoms with Crippen LogP contribution in [0.5, 0.6) is 0 Å². The first kappa shape index (κ1) is 19.6. The molecule has 1 aromatic rings. The Kier molecular flexibility index (Phi) is 9.27. The lowest BCUT2D eigenvalue weighted by molar-refractivity contribution is 0.115. The van der Waals surface area contributed by atoms with Crippen molar-refractivity contribution in [2.45, 2.75) is 26.2 Å². The van der Waals surface area contributed by atoms with Crippen molar-refractivity contribution in [1.29, 1.82) is 0 Å². The largest absolute Gasteiger partial charge is 0.379 e. The fraction of sp³-hybridized carbons (Fsp3) is 0.733. The van der Waals surface area contributed by atoms with Crippen molar-refractivity contribution < 1.29 is 4.74 Å². The van der Waals surface area contributed by atoms with E-state index in [4.69, 9.17) is 4.74 Å². The number of likely N-dealkylation sites (N-methyl/N-ethyl adjacent to an activating group) is 1. The lowest BCUT2D eigenvalue weighted by atomic mass is 10.4. The summed E-state index contributed by atoms with van der Waals surface area (Å²) in [6.45, 7) is 5.49. The molecule has 0 unspecified atom stereocenters. The van der Waals surface area contributed by atoms with Crippen LogP contribution in [0.3, 0.4) is 0 Å². The first-order valence-corrected chi connectivity index (χ1v) is 8.41. The highest BCUT2D eigenvalue weighted by Crippen LogP contribution is 2.28. The molecule has 126 valence electrons. The van der Waals surface area contributed by atoms with Gasteiger partial charge in [0.1, 0.15) is 0 Å². The van der Waals surface area contributed by atoms with E-state index in [1.54, 1.807) is 11.3 Å². The lowest BCUT2D eigenvalue weighted by Gasteiger charge is -2.21. The highest BCUT2D eigenvalue weighted by molar-refractivity contribution is 14.0. The van der Waals surface area contributed by atoms with Gasteiger partial charge < -0.3 is 15.0 Å². The summed E-state index contributed by atoms with van der Waals surface area (Å²) in [5, 5.41) is 4.55.